The number of aromatic nitrogens is 1. The molecule has 2 amide bonds. The maximum atomic E-state index is 12.3. The van der Waals surface area contributed by atoms with E-state index >= 15 is 0 Å². The molecule has 7 nitrogen and oxygen atoms in total. The zero-order valence-electron chi connectivity index (χ0n) is 16.3. The average molecular weight is 369 g/mol. The maximum absolute atomic E-state index is 12.3. The number of pyridine rings is 1. The lowest BCUT2D eigenvalue weighted by atomic mass is 9.88. The molecule has 0 unspecified atom stereocenters. The van der Waals surface area contributed by atoms with Crippen LogP contribution in [-0.4, -0.2) is 53.9 Å². The molecule has 0 atom stereocenters. The van der Waals surface area contributed by atoms with E-state index in [0.29, 0.717) is 31.7 Å². The number of fused-ring (bicyclic) bond motifs is 1. The van der Waals surface area contributed by atoms with Gasteiger partial charge >= 0.3 is 11.8 Å². The van der Waals surface area contributed by atoms with E-state index in [4.69, 9.17) is 4.98 Å². The molecule has 1 fully saturated rings. The number of nitrogens with zero attached hydrogens (tertiary/aromatic N) is 4. The molecule has 1 aliphatic carbocycles. The number of rotatable bonds is 2. The van der Waals surface area contributed by atoms with Crippen molar-refractivity contribution < 1.29 is 9.59 Å². The first kappa shape index (κ1) is 19.2. The minimum atomic E-state index is -0.557. The Balaban J connectivity index is 1.75. The Kier molecular flexibility index (Phi) is 5.64. The minimum Gasteiger partial charge on any atom is -0.352 e. The minimum absolute atomic E-state index is 0.0661. The molecule has 0 saturated carbocycles. The largest absolute Gasteiger partial charge is 0.352 e. The van der Waals surface area contributed by atoms with Gasteiger partial charge in [0.1, 0.15) is 11.9 Å². The summed E-state index contributed by atoms with van der Waals surface area (Å²) in [6.07, 6.45) is 4.19. The van der Waals surface area contributed by atoms with Crippen LogP contribution in [-0.2, 0) is 22.4 Å². The Morgan fingerprint density at radius 1 is 1.11 bits per heavy atom. The molecule has 1 N–H and O–H groups in total. The van der Waals surface area contributed by atoms with E-state index in [0.717, 1.165) is 42.8 Å². The van der Waals surface area contributed by atoms with Gasteiger partial charge in [0.25, 0.3) is 0 Å². The second kappa shape index (κ2) is 7.95. The van der Waals surface area contributed by atoms with Gasteiger partial charge in [-0.15, -0.1) is 0 Å². The van der Waals surface area contributed by atoms with Crippen LogP contribution in [0.2, 0.25) is 0 Å². The van der Waals surface area contributed by atoms with Crippen LogP contribution in [0.5, 0.6) is 0 Å². The van der Waals surface area contributed by atoms with Crippen LogP contribution in [0, 0.1) is 18.3 Å². The highest BCUT2D eigenvalue weighted by molar-refractivity contribution is 6.35. The van der Waals surface area contributed by atoms with Crippen LogP contribution in [0.25, 0.3) is 0 Å². The fraction of sp³-hybridized carbons (Fsp3) is 0.600. The molecule has 1 saturated heterocycles. The van der Waals surface area contributed by atoms with Crippen LogP contribution in [0.15, 0.2) is 0 Å². The van der Waals surface area contributed by atoms with Gasteiger partial charge in [-0.05, 0) is 57.6 Å². The van der Waals surface area contributed by atoms with Gasteiger partial charge in [-0.1, -0.05) is 0 Å². The molecule has 144 valence electrons. The van der Waals surface area contributed by atoms with Crippen molar-refractivity contribution in [3.8, 4) is 6.07 Å². The monoisotopic (exact) mass is 369 g/mol. The van der Waals surface area contributed by atoms with E-state index in [-0.39, 0.29) is 6.04 Å². The first-order chi connectivity index (χ1) is 12.9. The summed E-state index contributed by atoms with van der Waals surface area (Å²) in [6, 6.07) is 2.31. The third-order valence-electron chi connectivity index (χ3n) is 5.30. The zero-order chi connectivity index (χ0) is 19.6. The smallest absolute Gasteiger partial charge is 0.312 e. The van der Waals surface area contributed by atoms with Crippen molar-refractivity contribution in [3.05, 3.63) is 22.4 Å². The Morgan fingerprint density at radius 3 is 2.33 bits per heavy atom. The lowest BCUT2D eigenvalue weighted by Crippen LogP contribution is -2.53. The lowest BCUT2D eigenvalue weighted by molar-refractivity contribution is -0.146. The normalized spacial score (nSPS) is 16.7. The van der Waals surface area contributed by atoms with Crippen molar-refractivity contribution in [1.82, 2.24) is 15.2 Å². The highest BCUT2D eigenvalue weighted by Crippen LogP contribution is 2.32. The number of aryl methyl sites for hydroxylation is 1. The number of piperazine rings is 1. The quantitative estimate of drug-likeness (QED) is 0.794. The van der Waals surface area contributed by atoms with Crippen molar-refractivity contribution in [2.24, 2.45) is 0 Å². The van der Waals surface area contributed by atoms with Crippen molar-refractivity contribution in [3.63, 3.8) is 0 Å². The second-order valence-electron chi connectivity index (χ2n) is 7.58. The van der Waals surface area contributed by atoms with Crippen LogP contribution < -0.4 is 10.2 Å². The van der Waals surface area contributed by atoms with Gasteiger partial charge in [-0.3, -0.25) is 9.59 Å². The first-order valence-electron chi connectivity index (χ1n) is 9.69. The first-order valence-corrected chi connectivity index (χ1v) is 9.69. The summed E-state index contributed by atoms with van der Waals surface area (Å²) in [4.78, 5) is 32.6. The standard InChI is InChI=1S/C20H27N5O2/c1-13(2)22-19(26)20(27)25-10-8-24(9-11-25)18-17(12-21)16-7-5-4-6-15(16)14(3)23-18/h13H,4-11H2,1-3H3,(H,22,26). The molecule has 3 rings (SSSR count). The summed E-state index contributed by atoms with van der Waals surface area (Å²) in [5.74, 6) is -0.313. The SMILES string of the molecule is Cc1nc(N2CCN(C(=O)C(=O)NC(C)C)CC2)c(C#N)c2c1CCCC2. The Hall–Kier alpha value is -2.62. The number of amides is 2. The number of hydrogen-bond donors (Lipinski definition) is 1. The molecule has 2 aliphatic rings. The summed E-state index contributed by atoms with van der Waals surface area (Å²) < 4.78 is 0. The van der Waals surface area contributed by atoms with Crippen LogP contribution in [0.1, 0.15) is 49.1 Å². The molecule has 27 heavy (non-hydrogen) atoms. The average Bonchev–Trinajstić information content (AvgIpc) is 2.67. The van der Waals surface area contributed by atoms with Crippen LogP contribution in [0.4, 0.5) is 5.82 Å². The maximum Gasteiger partial charge on any atom is 0.312 e. The van der Waals surface area contributed by atoms with E-state index in [1.807, 2.05) is 20.8 Å². The Morgan fingerprint density at radius 2 is 1.74 bits per heavy atom. The van der Waals surface area contributed by atoms with E-state index in [1.165, 1.54) is 5.56 Å². The number of carbonyl (C=O) groups is 2. The van der Waals surface area contributed by atoms with E-state index < -0.39 is 11.8 Å². The second-order valence-corrected chi connectivity index (χ2v) is 7.58. The molecule has 0 aromatic carbocycles. The Bertz CT molecular complexity index is 789. The number of carbonyl (C=O) groups excluding carboxylic acids is 2. The molecule has 2 heterocycles. The highest BCUT2D eigenvalue weighted by atomic mass is 16.2. The highest BCUT2D eigenvalue weighted by Gasteiger charge is 2.29. The molecule has 1 aliphatic heterocycles. The van der Waals surface area contributed by atoms with E-state index in [1.54, 1.807) is 4.90 Å². The topological polar surface area (TPSA) is 89.3 Å². The van der Waals surface area contributed by atoms with Gasteiger partial charge in [0.15, 0.2) is 0 Å². The molecule has 0 spiro atoms. The number of nitriles is 1. The molecule has 0 bridgehead atoms. The summed E-state index contributed by atoms with van der Waals surface area (Å²) in [7, 11) is 0. The van der Waals surface area contributed by atoms with Gasteiger partial charge in [0.2, 0.25) is 0 Å². The van der Waals surface area contributed by atoms with Crippen molar-refractivity contribution >= 4 is 17.6 Å². The Labute approximate surface area is 160 Å². The molecule has 0 radical (unpaired) electrons. The van der Waals surface area contributed by atoms with Crippen molar-refractivity contribution in [2.75, 3.05) is 31.1 Å². The van der Waals surface area contributed by atoms with E-state index in [2.05, 4.69) is 16.3 Å². The third-order valence-corrected chi connectivity index (χ3v) is 5.30. The van der Waals surface area contributed by atoms with Gasteiger partial charge in [0.05, 0.1) is 5.56 Å². The van der Waals surface area contributed by atoms with Gasteiger partial charge in [0, 0.05) is 37.9 Å². The molecule has 7 heteroatoms. The summed E-state index contributed by atoms with van der Waals surface area (Å²) >= 11 is 0. The number of hydrogen-bond acceptors (Lipinski definition) is 5. The zero-order valence-corrected chi connectivity index (χ0v) is 16.3. The third kappa shape index (κ3) is 3.90. The fourth-order valence-electron chi connectivity index (χ4n) is 3.93. The molecular formula is C20H27N5O2. The summed E-state index contributed by atoms with van der Waals surface area (Å²) in [6.45, 7) is 7.72. The lowest BCUT2D eigenvalue weighted by Gasteiger charge is -2.36. The van der Waals surface area contributed by atoms with Gasteiger partial charge in [-0.2, -0.15) is 5.26 Å². The molecule has 1 aromatic heterocycles. The molecular weight excluding hydrogens is 342 g/mol. The predicted octanol–water partition coefficient (Wildman–Crippen LogP) is 1.31. The van der Waals surface area contributed by atoms with Crippen molar-refractivity contribution in [1.29, 1.82) is 5.26 Å². The van der Waals surface area contributed by atoms with E-state index in [9.17, 15) is 14.9 Å². The van der Waals surface area contributed by atoms with Gasteiger partial charge < -0.3 is 15.1 Å². The summed E-state index contributed by atoms with van der Waals surface area (Å²) in [5.41, 5.74) is 4.09. The fourth-order valence-corrected chi connectivity index (χ4v) is 3.93. The molecule has 1 aromatic rings. The van der Waals surface area contributed by atoms with Crippen LogP contribution >= 0.6 is 0 Å². The number of nitrogens with one attached hydrogen (secondary N) is 1. The number of anilines is 1. The van der Waals surface area contributed by atoms with Crippen molar-refractivity contribution in [2.45, 2.75) is 52.5 Å². The van der Waals surface area contributed by atoms with Crippen LogP contribution in [0.3, 0.4) is 0 Å². The predicted molar refractivity (Wildman–Crippen MR) is 102 cm³/mol. The summed E-state index contributed by atoms with van der Waals surface area (Å²) in [5, 5.41) is 12.4. The van der Waals surface area contributed by atoms with Gasteiger partial charge in [-0.25, -0.2) is 4.98 Å².